The number of carbonyl (C=O) groups excluding carboxylic acids is 2. The van der Waals surface area contributed by atoms with Crippen LogP contribution in [0.2, 0.25) is 0 Å². The Labute approximate surface area is 186 Å². The highest BCUT2D eigenvalue weighted by molar-refractivity contribution is 5.99. The van der Waals surface area contributed by atoms with Crippen LogP contribution in [0.15, 0.2) is 45.6 Å². The Morgan fingerprint density at radius 1 is 1.09 bits per heavy atom. The van der Waals surface area contributed by atoms with E-state index >= 15 is 0 Å². The van der Waals surface area contributed by atoms with Gasteiger partial charge in [-0.1, -0.05) is 30.7 Å². The van der Waals surface area contributed by atoms with Crippen LogP contribution < -0.4 is 5.43 Å². The topological polar surface area (TPSA) is 87.8 Å². The number of fused-ring (bicyclic) bond motifs is 1. The molecule has 32 heavy (non-hydrogen) atoms. The molecular weight excluding hydrogens is 406 g/mol. The number of piperidine rings is 1. The van der Waals surface area contributed by atoms with E-state index in [9.17, 15) is 19.5 Å². The molecule has 0 bridgehead atoms. The Morgan fingerprint density at radius 3 is 2.50 bits per heavy atom. The summed E-state index contributed by atoms with van der Waals surface area (Å²) in [5.41, 5.74) is 1.40. The van der Waals surface area contributed by atoms with Gasteiger partial charge in [0.05, 0.1) is 16.5 Å². The van der Waals surface area contributed by atoms with E-state index in [0.29, 0.717) is 35.2 Å². The molecule has 0 amide bonds. The molecule has 0 radical (unpaired) electrons. The van der Waals surface area contributed by atoms with Crippen LogP contribution in [0.3, 0.4) is 0 Å². The molecule has 1 aromatic heterocycles. The number of carbonyl (C=O) groups is 2. The van der Waals surface area contributed by atoms with E-state index < -0.39 is 0 Å². The number of benzene rings is 2. The fourth-order valence-electron chi connectivity index (χ4n) is 4.44. The molecule has 0 unspecified atom stereocenters. The Bertz CT molecular complexity index is 1200. The van der Waals surface area contributed by atoms with Crippen LogP contribution in [0.1, 0.15) is 58.6 Å². The van der Waals surface area contributed by atoms with Crippen molar-refractivity contribution in [1.82, 2.24) is 4.90 Å². The number of phenolic OH excluding ortho intramolecular Hbond substituents is 1. The number of Topliss-reactive ketones (excluding diaryl/α,β-unsaturated/α-hetero) is 1. The average molecular weight is 434 g/mol. The fraction of sp³-hybridized carbons (Fsp3) is 0.346. The van der Waals surface area contributed by atoms with Crippen molar-refractivity contribution in [1.29, 1.82) is 0 Å². The monoisotopic (exact) mass is 433 g/mol. The predicted octanol–water partition coefficient (Wildman–Crippen LogP) is 4.74. The van der Waals surface area contributed by atoms with Gasteiger partial charge >= 0.3 is 0 Å². The lowest BCUT2D eigenvalue weighted by Gasteiger charge is -2.26. The molecule has 0 saturated carbocycles. The molecule has 0 spiro atoms. The van der Waals surface area contributed by atoms with Gasteiger partial charge in [0.1, 0.15) is 11.5 Å². The number of ketones is 1. The molecule has 3 aromatic rings. The number of nitrogens with zero attached hydrogens (tertiary/aromatic N) is 1. The number of rotatable bonds is 7. The molecule has 6 nitrogen and oxygen atoms in total. The van der Waals surface area contributed by atoms with Crippen LogP contribution in [0, 0.1) is 6.92 Å². The lowest BCUT2D eigenvalue weighted by molar-refractivity contribution is 0.0972. The second kappa shape index (κ2) is 9.49. The minimum Gasteiger partial charge on any atom is -0.507 e. The summed E-state index contributed by atoms with van der Waals surface area (Å²) in [6, 6.07) is 9.76. The first kappa shape index (κ1) is 22.0. The standard InChI is InChI=1S/C26H27NO5/c1-17-24(25(31)20-11-12-23(30)21(16-28)26(20)32-17)19-9-7-18(8-10-19)22(29)6-5-15-27-13-3-2-4-14-27/h7-12,16,30H,2-6,13-15H2,1H3. The molecule has 1 saturated heterocycles. The molecule has 2 heterocycles. The smallest absolute Gasteiger partial charge is 0.200 e. The van der Waals surface area contributed by atoms with Crippen LogP contribution in [0.5, 0.6) is 5.75 Å². The molecule has 4 rings (SSSR count). The molecule has 2 aromatic carbocycles. The van der Waals surface area contributed by atoms with E-state index in [1.165, 1.54) is 31.4 Å². The lowest BCUT2D eigenvalue weighted by atomic mass is 9.98. The van der Waals surface area contributed by atoms with E-state index in [1.807, 2.05) is 0 Å². The van der Waals surface area contributed by atoms with E-state index in [0.717, 1.165) is 26.1 Å². The molecule has 1 N–H and O–H groups in total. The van der Waals surface area contributed by atoms with E-state index in [1.54, 1.807) is 31.2 Å². The molecular formula is C26H27NO5. The Balaban J connectivity index is 1.53. The van der Waals surface area contributed by atoms with Gasteiger partial charge in [0.15, 0.2) is 17.7 Å². The van der Waals surface area contributed by atoms with Crippen molar-refractivity contribution in [3.63, 3.8) is 0 Å². The van der Waals surface area contributed by atoms with Gasteiger partial charge in [0.2, 0.25) is 5.43 Å². The molecule has 166 valence electrons. The van der Waals surface area contributed by atoms with E-state index in [-0.39, 0.29) is 33.5 Å². The van der Waals surface area contributed by atoms with Crippen molar-refractivity contribution >= 4 is 23.0 Å². The maximum atomic E-state index is 13.1. The SMILES string of the molecule is Cc1oc2c(C=O)c(O)ccc2c(=O)c1-c1ccc(C(=O)CCCN2CCCCC2)cc1. The van der Waals surface area contributed by atoms with Gasteiger partial charge in [-0.15, -0.1) is 0 Å². The Hall–Kier alpha value is -3.25. The number of aldehydes is 1. The van der Waals surface area contributed by atoms with Gasteiger partial charge in [0.25, 0.3) is 0 Å². The zero-order chi connectivity index (χ0) is 22.7. The van der Waals surface area contributed by atoms with E-state index in [4.69, 9.17) is 4.42 Å². The quantitative estimate of drug-likeness (QED) is 0.428. The summed E-state index contributed by atoms with van der Waals surface area (Å²) < 4.78 is 5.76. The van der Waals surface area contributed by atoms with Crippen LogP contribution in [-0.4, -0.2) is 41.7 Å². The van der Waals surface area contributed by atoms with Crippen LogP contribution >= 0.6 is 0 Å². The van der Waals surface area contributed by atoms with Crippen LogP contribution in [0.4, 0.5) is 0 Å². The number of phenols is 1. The van der Waals surface area contributed by atoms with Crippen molar-refractivity contribution in [2.75, 3.05) is 19.6 Å². The van der Waals surface area contributed by atoms with Gasteiger partial charge in [-0.2, -0.15) is 0 Å². The minimum atomic E-state index is -0.285. The third-order valence-corrected chi connectivity index (χ3v) is 6.19. The summed E-state index contributed by atoms with van der Waals surface area (Å²) in [4.78, 5) is 39.5. The highest BCUT2D eigenvalue weighted by Gasteiger charge is 2.18. The fourth-order valence-corrected chi connectivity index (χ4v) is 4.44. The van der Waals surface area contributed by atoms with Gasteiger partial charge < -0.3 is 14.4 Å². The number of likely N-dealkylation sites (tertiary alicyclic amines) is 1. The average Bonchev–Trinajstić information content (AvgIpc) is 2.80. The first-order valence-electron chi connectivity index (χ1n) is 11.1. The molecule has 6 heteroatoms. The summed E-state index contributed by atoms with van der Waals surface area (Å²) in [6.45, 7) is 4.86. The van der Waals surface area contributed by atoms with E-state index in [2.05, 4.69) is 4.90 Å². The van der Waals surface area contributed by atoms with Crippen molar-refractivity contribution in [2.24, 2.45) is 0 Å². The van der Waals surface area contributed by atoms with Crippen molar-refractivity contribution in [3.8, 4) is 16.9 Å². The summed E-state index contributed by atoms with van der Waals surface area (Å²) in [5, 5.41) is 10.1. The molecule has 1 aliphatic heterocycles. The second-order valence-corrected chi connectivity index (χ2v) is 8.36. The maximum absolute atomic E-state index is 13.1. The molecule has 1 aliphatic rings. The first-order valence-corrected chi connectivity index (χ1v) is 11.1. The Morgan fingerprint density at radius 2 is 1.81 bits per heavy atom. The Kier molecular flexibility index (Phi) is 6.51. The predicted molar refractivity (Wildman–Crippen MR) is 124 cm³/mol. The van der Waals surface area contributed by atoms with Gasteiger partial charge in [-0.3, -0.25) is 14.4 Å². The third-order valence-electron chi connectivity index (χ3n) is 6.19. The third kappa shape index (κ3) is 4.36. The zero-order valence-corrected chi connectivity index (χ0v) is 18.2. The number of aromatic hydroxyl groups is 1. The largest absolute Gasteiger partial charge is 0.507 e. The van der Waals surface area contributed by atoms with Gasteiger partial charge in [-0.25, -0.2) is 0 Å². The summed E-state index contributed by atoms with van der Waals surface area (Å²) in [7, 11) is 0. The maximum Gasteiger partial charge on any atom is 0.200 e. The number of hydrogen-bond acceptors (Lipinski definition) is 6. The molecule has 0 aliphatic carbocycles. The van der Waals surface area contributed by atoms with Crippen molar-refractivity contribution in [3.05, 3.63) is 63.5 Å². The van der Waals surface area contributed by atoms with Crippen LogP contribution in [0.25, 0.3) is 22.1 Å². The van der Waals surface area contributed by atoms with Crippen molar-refractivity contribution < 1.29 is 19.1 Å². The highest BCUT2D eigenvalue weighted by Crippen LogP contribution is 2.29. The number of hydrogen-bond donors (Lipinski definition) is 1. The number of aryl methyl sites for hydroxylation is 1. The minimum absolute atomic E-state index is 0.0419. The molecule has 0 atom stereocenters. The first-order chi connectivity index (χ1) is 15.5. The highest BCUT2D eigenvalue weighted by atomic mass is 16.3. The van der Waals surface area contributed by atoms with Gasteiger partial charge in [0, 0.05) is 12.0 Å². The van der Waals surface area contributed by atoms with Crippen LogP contribution in [-0.2, 0) is 0 Å². The summed E-state index contributed by atoms with van der Waals surface area (Å²) >= 11 is 0. The zero-order valence-electron chi connectivity index (χ0n) is 18.2. The lowest BCUT2D eigenvalue weighted by Crippen LogP contribution is -2.30. The van der Waals surface area contributed by atoms with Gasteiger partial charge in [-0.05, 0) is 63.5 Å². The van der Waals surface area contributed by atoms with Crippen molar-refractivity contribution in [2.45, 2.75) is 39.0 Å². The summed E-state index contributed by atoms with van der Waals surface area (Å²) in [5.74, 6) is 0.213. The molecule has 1 fully saturated rings. The summed E-state index contributed by atoms with van der Waals surface area (Å²) in [6.07, 6.45) is 5.62. The normalized spacial score (nSPS) is 14.5. The second-order valence-electron chi connectivity index (χ2n) is 8.36.